The molecule has 28 heavy (non-hydrogen) atoms. The Morgan fingerprint density at radius 3 is 2.39 bits per heavy atom. The van der Waals surface area contributed by atoms with Crippen molar-refractivity contribution in [3.63, 3.8) is 0 Å². The van der Waals surface area contributed by atoms with E-state index in [-0.39, 0.29) is 0 Å². The zero-order valence-corrected chi connectivity index (χ0v) is 15.3. The van der Waals surface area contributed by atoms with Crippen molar-refractivity contribution in [3.8, 4) is 5.69 Å². The molecule has 0 unspecified atom stereocenters. The molecular weight excluding hydrogens is 374 g/mol. The van der Waals surface area contributed by atoms with Crippen LogP contribution < -0.4 is 0 Å². The van der Waals surface area contributed by atoms with E-state index in [1.165, 1.54) is 27.6 Å². The standard InChI is InChI=1S/C23H12F2N2S/c24-13-8-14(25)10-15(9-13)27-19-5-3-7-26-23(19)18-11-17-16-4-1-2-6-21(16)28-22(17)12-20(18)27/h1-12H. The smallest absolute Gasteiger partial charge is 0.128 e. The molecule has 0 amide bonds. The fraction of sp³-hybridized carbons (Fsp3) is 0. The molecule has 2 nitrogen and oxygen atoms in total. The van der Waals surface area contributed by atoms with Crippen LogP contribution in [0.25, 0.3) is 47.8 Å². The molecule has 0 aliphatic heterocycles. The van der Waals surface area contributed by atoms with Crippen molar-refractivity contribution in [2.75, 3.05) is 0 Å². The Morgan fingerprint density at radius 1 is 0.714 bits per heavy atom. The van der Waals surface area contributed by atoms with E-state index in [4.69, 9.17) is 0 Å². The van der Waals surface area contributed by atoms with Gasteiger partial charge in [0.1, 0.15) is 11.6 Å². The molecule has 134 valence electrons. The van der Waals surface area contributed by atoms with Crippen LogP contribution in [0.3, 0.4) is 0 Å². The van der Waals surface area contributed by atoms with Gasteiger partial charge in [-0.3, -0.25) is 4.98 Å². The molecule has 0 saturated heterocycles. The number of thiophene rings is 1. The Labute approximate surface area is 162 Å². The number of halogens is 2. The second-order valence-corrected chi connectivity index (χ2v) is 7.88. The van der Waals surface area contributed by atoms with Gasteiger partial charge in [-0.15, -0.1) is 11.3 Å². The van der Waals surface area contributed by atoms with Crippen LogP contribution >= 0.6 is 11.3 Å². The first-order valence-electron chi connectivity index (χ1n) is 8.86. The van der Waals surface area contributed by atoms with Gasteiger partial charge in [0.2, 0.25) is 0 Å². The fourth-order valence-electron chi connectivity index (χ4n) is 4.00. The Hall–Kier alpha value is -3.31. The molecule has 6 aromatic rings. The van der Waals surface area contributed by atoms with Crippen molar-refractivity contribution in [3.05, 3.63) is 84.6 Å². The summed E-state index contributed by atoms with van der Waals surface area (Å²) in [5, 5.41) is 3.34. The number of nitrogens with zero attached hydrogens (tertiary/aromatic N) is 2. The summed E-state index contributed by atoms with van der Waals surface area (Å²) in [7, 11) is 0. The van der Waals surface area contributed by atoms with Crippen molar-refractivity contribution in [1.82, 2.24) is 9.55 Å². The van der Waals surface area contributed by atoms with E-state index in [0.29, 0.717) is 5.69 Å². The Kier molecular flexibility index (Phi) is 3.14. The van der Waals surface area contributed by atoms with E-state index >= 15 is 0 Å². The topological polar surface area (TPSA) is 17.8 Å². The second-order valence-electron chi connectivity index (χ2n) is 6.80. The summed E-state index contributed by atoms with van der Waals surface area (Å²) in [4.78, 5) is 4.57. The summed E-state index contributed by atoms with van der Waals surface area (Å²) in [5.41, 5.74) is 2.98. The van der Waals surface area contributed by atoms with Gasteiger partial charge in [-0.1, -0.05) is 18.2 Å². The molecular formula is C23H12F2N2S. The SMILES string of the molecule is Fc1cc(F)cc(-n2c3cc4sc5ccccc5c4cc3c3ncccc32)c1. The highest BCUT2D eigenvalue weighted by Gasteiger charge is 2.17. The summed E-state index contributed by atoms with van der Waals surface area (Å²) in [6, 6.07) is 19.9. The molecule has 3 aromatic heterocycles. The highest BCUT2D eigenvalue weighted by atomic mass is 32.1. The molecule has 0 saturated carbocycles. The number of hydrogen-bond acceptors (Lipinski definition) is 2. The number of benzene rings is 3. The van der Waals surface area contributed by atoms with Gasteiger partial charge in [-0.05, 0) is 42.5 Å². The number of hydrogen-bond donors (Lipinski definition) is 0. The molecule has 0 aliphatic carbocycles. The molecule has 0 N–H and O–H groups in total. The Balaban J connectivity index is 1.82. The van der Waals surface area contributed by atoms with Gasteiger partial charge >= 0.3 is 0 Å². The maximum Gasteiger partial charge on any atom is 0.128 e. The monoisotopic (exact) mass is 386 g/mol. The number of fused-ring (bicyclic) bond motifs is 6. The maximum atomic E-state index is 13.9. The van der Waals surface area contributed by atoms with Crippen molar-refractivity contribution >= 4 is 53.4 Å². The molecule has 0 atom stereocenters. The molecule has 6 rings (SSSR count). The molecule has 0 spiro atoms. The van der Waals surface area contributed by atoms with Crippen LogP contribution in [0.5, 0.6) is 0 Å². The lowest BCUT2D eigenvalue weighted by Crippen LogP contribution is -1.96. The highest BCUT2D eigenvalue weighted by molar-refractivity contribution is 7.25. The predicted molar refractivity (Wildman–Crippen MR) is 111 cm³/mol. The highest BCUT2D eigenvalue weighted by Crippen LogP contribution is 2.39. The zero-order chi connectivity index (χ0) is 18.8. The molecule has 0 bridgehead atoms. The molecule has 0 fully saturated rings. The summed E-state index contributed by atoms with van der Waals surface area (Å²) < 4.78 is 32.1. The third-order valence-corrected chi connectivity index (χ3v) is 6.26. The van der Waals surface area contributed by atoms with Gasteiger partial charge in [0.05, 0.1) is 22.2 Å². The van der Waals surface area contributed by atoms with Gasteiger partial charge < -0.3 is 4.57 Å². The quantitative estimate of drug-likeness (QED) is 0.303. The van der Waals surface area contributed by atoms with Gasteiger partial charge in [0.15, 0.2) is 0 Å². The summed E-state index contributed by atoms with van der Waals surface area (Å²) in [6.07, 6.45) is 1.74. The minimum Gasteiger partial charge on any atom is -0.307 e. The lowest BCUT2D eigenvalue weighted by molar-refractivity contribution is 0.582. The second kappa shape index (κ2) is 5.59. The van der Waals surface area contributed by atoms with Gasteiger partial charge in [0, 0.05) is 37.8 Å². The normalized spacial score (nSPS) is 11.9. The summed E-state index contributed by atoms with van der Waals surface area (Å²) in [6.45, 7) is 0. The van der Waals surface area contributed by atoms with Crippen LogP contribution in [0.15, 0.2) is 72.9 Å². The largest absolute Gasteiger partial charge is 0.307 e. The summed E-state index contributed by atoms with van der Waals surface area (Å²) >= 11 is 1.71. The molecule has 3 heterocycles. The van der Waals surface area contributed by atoms with Gasteiger partial charge in [-0.2, -0.15) is 0 Å². The minimum absolute atomic E-state index is 0.450. The van der Waals surface area contributed by atoms with E-state index in [9.17, 15) is 8.78 Å². The van der Waals surface area contributed by atoms with E-state index in [2.05, 4.69) is 29.2 Å². The van der Waals surface area contributed by atoms with Crippen LogP contribution in [0.2, 0.25) is 0 Å². The number of aromatic nitrogens is 2. The first kappa shape index (κ1) is 15.7. The fourth-order valence-corrected chi connectivity index (χ4v) is 5.12. The Bertz CT molecular complexity index is 1520. The van der Waals surface area contributed by atoms with E-state index in [1.807, 2.05) is 28.8 Å². The molecule has 5 heteroatoms. The minimum atomic E-state index is -0.600. The molecule has 3 aromatic carbocycles. The first-order chi connectivity index (χ1) is 13.7. The Morgan fingerprint density at radius 2 is 1.54 bits per heavy atom. The molecule has 0 aliphatic rings. The van der Waals surface area contributed by atoms with Gasteiger partial charge in [-0.25, -0.2) is 8.78 Å². The van der Waals surface area contributed by atoms with Crippen LogP contribution in [-0.2, 0) is 0 Å². The summed E-state index contributed by atoms with van der Waals surface area (Å²) in [5.74, 6) is -1.20. The van der Waals surface area contributed by atoms with Crippen LogP contribution in [0.4, 0.5) is 8.78 Å². The third kappa shape index (κ3) is 2.14. The third-order valence-electron chi connectivity index (χ3n) is 5.12. The average molecular weight is 386 g/mol. The maximum absolute atomic E-state index is 13.9. The first-order valence-corrected chi connectivity index (χ1v) is 9.67. The number of pyridine rings is 1. The van der Waals surface area contributed by atoms with E-state index in [0.717, 1.165) is 32.7 Å². The van der Waals surface area contributed by atoms with Crippen LogP contribution in [-0.4, -0.2) is 9.55 Å². The average Bonchev–Trinajstić information content (AvgIpc) is 3.20. The predicted octanol–water partition coefficient (Wildman–Crippen LogP) is 6.82. The van der Waals surface area contributed by atoms with Gasteiger partial charge in [0.25, 0.3) is 0 Å². The van der Waals surface area contributed by atoms with Crippen LogP contribution in [0, 0.1) is 11.6 Å². The van der Waals surface area contributed by atoms with E-state index < -0.39 is 11.6 Å². The van der Waals surface area contributed by atoms with Crippen molar-refractivity contribution in [1.29, 1.82) is 0 Å². The van der Waals surface area contributed by atoms with Crippen molar-refractivity contribution < 1.29 is 8.78 Å². The number of rotatable bonds is 1. The molecule has 0 radical (unpaired) electrons. The van der Waals surface area contributed by atoms with Crippen molar-refractivity contribution in [2.24, 2.45) is 0 Å². The lowest BCUT2D eigenvalue weighted by atomic mass is 10.1. The van der Waals surface area contributed by atoms with Crippen LogP contribution in [0.1, 0.15) is 0 Å². The van der Waals surface area contributed by atoms with E-state index in [1.54, 1.807) is 17.5 Å². The zero-order valence-electron chi connectivity index (χ0n) is 14.5. The van der Waals surface area contributed by atoms with Crippen molar-refractivity contribution in [2.45, 2.75) is 0 Å². The lowest BCUT2D eigenvalue weighted by Gasteiger charge is -2.08.